The van der Waals surface area contributed by atoms with E-state index in [4.69, 9.17) is 27.9 Å². The summed E-state index contributed by atoms with van der Waals surface area (Å²) in [6.45, 7) is 0. The zero-order chi connectivity index (χ0) is 14.0. The Morgan fingerprint density at radius 2 is 1.95 bits per heavy atom. The molecule has 0 aliphatic rings. The SMILES string of the molecule is COc1ccc(C(=O)c2cccc(F)c2Cl)cc1Cl. The molecule has 0 N–H and O–H groups in total. The first kappa shape index (κ1) is 13.8. The minimum absolute atomic E-state index is 0.0999. The topological polar surface area (TPSA) is 26.3 Å². The molecule has 0 heterocycles. The van der Waals surface area contributed by atoms with E-state index in [9.17, 15) is 9.18 Å². The fourth-order valence-electron chi connectivity index (χ4n) is 1.64. The highest BCUT2D eigenvalue weighted by Crippen LogP contribution is 2.28. The van der Waals surface area contributed by atoms with Gasteiger partial charge < -0.3 is 4.74 Å². The molecular weight excluding hydrogens is 290 g/mol. The first-order chi connectivity index (χ1) is 9.04. The third kappa shape index (κ3) is 2.72. The molecule has 0 fully saturated rings. The molecule has 0 aliphatic carbocycles. The lowest BCUT2D eigenvalue weighted by Crippen LogP contribution is -2.03. The van der Waals surface area contributed by atoms with Gasteiger partial charge in [-0.25, -0.2) is 4.39 Å². The van der Waals surface area contributed by atoms with Crippen molar-refractivity contribution in [1.82, 2.24) is 0 Å². The molecule has 5 heteroatoms. The van der Waals surface area contributed by atoms with Crippen LogP contribution in [-0.2, 0) is 0 Å². The Hall–Kier alpha value is -1.58. The minimum atomic E-state index is -0.632. The van der Waals surface area contributed by atoms with E-state index in [-0.39, 0.29) is 10.6 Å². The van der Waals surface area contributed by atoms with E-state index in [1.165, 1.54) is 31.4 Å². The molecule has 0 saturated heterocycles. The molecule has 2 aromatic carbocycles. The van der Waals surface area contributed by atoms with Crippen LogP contribution in [0.2, 0.25) is 10.0 Å². The van der Waals surface area contributed by atoms with Crippen molar-refractivity contribution >= 4 is 29.0 Å². The summed E-state index contributed by atoms with van der Waals surface area (Å²) >= 11 is 11.7. The third-order valence-electron chi connectivity index (χ3n) is 2.61. The lowest BCUT2D eigenvalue weighted by atomic mass is 10.0. The second-order valence-electron chi connectivity index (χ2n) is 3.78. The predicted octanol–water partition coefficient (Wildman–Crippen LogP) is 4.37. The highest BCUT2D eigenvalue weighted by atomic mass is 35.5. The van der Waals surface area contributed by atoms with Crippen molar-refractivity contribution in [3.63, 3.8) is 0 Å². The van der Waals surface area contributed by atoms with Gasteiger partial charge >= 0.3 is 0 Å². The van der Waals surface area contributed by atoms with Gasteiger partial charge in [-0.3, -0.25) is 4.79 Å². The molecule has 0 saturated carbocycles. The summed E-state index contributed by atoms with van der Waals surface area (Å²) in [5, 5.41) is 0.111. The van der Waals surface area contributed by atoms with Gasteiger partial charge in [0.1, 0.15) is 11.6 Å². The molecule has 0 amide bonds. The van der Waals surface area contributed by atoms with Gasteiger partial charge in [-0.1, -0.05) is 29.3 Å². The fourth-order valence-corrected chi connectivity index (χ4v) is 2.11. The first-order valence-corrected chi connectivity index (χ1v) is 6.12. The van der Waals surface area contributed by atoms with Crippen LogP contribution < -0.4 is 4.74 Å². The van der Waals surface area contributed by atoms with Crippen LogP contribution in [0.3, 0.4) is 0 Å². The van der Waals surface area contributed by atoms with E-state index in [1.807, 2.05) is 0 Å². The summed E-state index contributed by atoms with van der Waals surface area (Å²) in [4.78, 5) is 12.2. The van der Waals surface area contributed by atoms with Crippen LogP contribution in [-0.4, -0.2) is 12.9 Å². The number of hydrogen-bond acceptors (Lipinski definition) is 2. The summed E-state index contributed by atoms with van der Waals surface area (Å²) in [5.41, 5.74) is 0.418. The van der Waals surface area contributed by atoms with Gasteiger partial charge in [0.25, 0.3) is 0 Å². The summed E-state index contributed by atoms with van der Waals surface area (Å²) in [6.07, 6.45) is 0. The number of carbonyl (C=O) groups excluding carboxylic acids is 1. The molecular formula is C14H9Cl2FO2. The van der Waals surface area contributed by atoms with Crippen LogP contribution in [0.15, 0.2) is 36.4 Å². The van der Waals surface area contributed by atoms with Gasteiger partial charge in [0.15, 0.2) is 5.78 Å². The number of ketones is 1. The lowest BCUT2D eigenvalue weighted by molar-refractivity contribution is 0.103. The Labute approximate surface area is 119 Å². The fraction of sp³-hybridized carbons (Fsp3) is 0.0714. The third-order valence-corrected chi connectivity index (χ3v) is 3.29. The van der Waals surface area contributed by atoms with Crippen molar-refractivity contribution in [2.24, 2.45) is 0 Å². The number of hydrogen-bond donors (Lipinski definition) is 0. The molecule has 0 radical (unpaired) electrons. The van der Waals surface area contributed by atoms with Crippen LogP contribution in [0, 0.1) is 5.82 Å². The normalized spacial score (nSPS) is 10.3. The molecule has 0 bridgehead atoms. The average Bonchev–Trinajstić information content (AvgIpc) is 2.41. The first-order valence-electron chi connectivity index (χ1n) is 5.37. The quantitative estimate of drug-likeness (QED) is 0.787. The maximum atomic E-state index is 13.3. The van der Waals surface area contributed by atoms with E-state index >= 15 is 0 Å². The van der Waals surface area contributed by atoms with E-state index in [1.54, 1.807) is 12.1 Å². The lowest BCUT2D eigenvalue weighted by Gasteiger charge is -2.07. The zero-order valence-electron chi connectivity index (χ0n) is 9.91. The van der Waals surface area contributed by atoms with Gasteiger partial charge in [-0.2, -0.15) is 0 Å². The summed E-state index contributed by atoms with van der Waals surface area (Å²) in [5.74, 6) is -0.565. The van der Waals surface area contributed by atoms with E-state index < -0.39 is 11.6 Å². The molecule has 0 spiro atoms. The van der Waals surface area contributed by atoms with Crippen LogP contribution in [0.25, 0.3) is 0 Å². The van der Waals surface area contributed by atoms with Crippen LogP contribution in [0.5, 0.6) is 5.75 Å². The Kier molecular flexibility index (Phi) is 4.08. The number of ether oxygens (including phenoxy) is 1. The Morgan fingerprint density at radius 1 is 1.21 bits per heavy atom. The smallest absolute Gasteiger partial charge is 0.194 e. The Balaban J connectivity index is 2.44. The highest BCUT2D eigenvalue weighted by Gasteiger charge is 2.16. The van der Waals surface area contributed by atoms with Crippen molar-refractivity contribution in [2.45, 2.75) is 0 Å². The van der Waals surface area contributed by atoms with Crippen LogP contribution in [0.1, 0.15) is 15.9 Å². The molecule has 98 valence electrons. The molecule has 19 heavy (non-hydrogen) atoms. The summed E-state index contributed by atoms with van der Waals surface area (Å²) in [6, 6.07) is 8.67. The number of rotatable bonds is 3. The van der Waals surface area contributed by atoms with E-state index in [0.717, 1.165) is 0 Å². The highest BCUT2D eigenvalue weighted by molar-refractivity contribution is 6.35. The number of benzene rings is 2. The molecule has 2 aromatic rings. The van der Waals surface area contributed by atoms with Crippen molar-refractivity contribution in [3.8, 4) is 5.75 Å². The zero-order valence-corrected chi connectivity index (χ0v) is 11.4. The Bertz CT molecular complexity index is 641. The summed E-state index contributed by atoms with van der Waals surface area (Å²) in [7, 11) is 1.48. The van der Waals surface area contributed by atoms with E-state index in [0.29, 0.717) is 16.3 Å². The van der Waals surface area contributed by atoms with Crippen molar-refractivity contribution in [1.29, 1.82) is 0 Å². The second-order valence-corrected chi connectivity index (χ2v) is 4.56. The van der Waals surface area contributed by atoms with Crippen molar-refractivity contribution in [2.75, 3.05) is 7.11 Å². The maximum absolute atomic E-state index is 13.3. The van der Waals surface area contributed by atoms with Crippen LogP contribution in [0.4, 0.5) is 4.39 Å². The maximum Gasteiger partial charge on any atom is 0.194 e. The molecule has 0 unspecified atom stereocenters. The monoisotopic (exact) mass is 298 g/mol. The van der Waals surface area contributed by atoms with Gasteiger partial charge in [0.05, 0.1) is 17.2 Å². The number of methoxy groups -OCH3 is 1. The number of halogens is 3. The molecule has 2 nitrogen and oxygen atoms in total. The minimum Gasteiger partial charge on any atom is -0.495 e. The number of carbonyl (C=O) groups is 1. The van der Waals surface area contributed by atoms with Gasteiger partial charge in [0, 0.05) is 11.1 Å². The molecule has 0 aromatic heterocycles. The van der Waals surface area contributed by atoms with Crippen molar-refractivity contribution < 1.29 is 13.9 Å². The molecule has 0 atom stereocenters. The van der Waals surface area contributed by atoms with Gasteiger partial charge in [-0.15, -0.1) is 0 Å². The molecule has 0 aliphatic heterocycles. The second kappa shape index (κ2) is 5.59. The van der Waals surface area contributed by atoms with Crippen LogP contribution >= 0.6 is 23.2 Å². The average molecular weight is 299 g/mol. The Morgan fingerprint density at radius 3 is 2.58 bits per heavy atom. The van der Waals surface area contributed by atoms with E-state index in [2.05, 4.69) is 0 Å². The largest absolute Gasteiger partial charge is 0.495 e. The van der Waals surface area contributed by atoms with Gasteiger partial charge in [-0.05, 0) is 30.3 Å². The molecule has 2 rings (SSSR count). The summed E-state index contributed by atoms with van der Waals surface area (Å²) < 4.78 is 18.3. The van der Waals surface area contributed by atoms with Crippen molar-refractivity contribution in [3.05, 3.63) is 63.4 Å². The standard InChI is InChI=1S/C14H9Cl2FO2/c1-19-12-6-5-8(7-10(12)15)14(18)9-3-2-4-11(17)13(9)16/h2-7H,1H3. The van der Waals surface area contributed by atoms with Gasteiger partial charge in [0.2, 0.25) is 0 Å². The predicted molar refractivity (Wildman–Crippen MR) is 72.8 cm³/mol.